The molecular weight excluding hydrogens is 293 g/mol. The van der Waals surface area contributed by atoms with E-state index in [9.17, 15) is 12.8 Å². The number of nitrogens with one attached hydrogen (secondary N) is 1. The molecule has 0 saturated carbocycles. The van der Waals surface area contributed by atoms with Crippen LogP contribution in [0.25, 0.3) is 0 Å². The van der Waals surface area contributed by atoms with Crippen molar-refractivity contribution < 1.29 is 12.8 Å². The smallest absolute Gasteiger partial charge is 0.243 e. The molecular formula is C14H16FN3O2S. The van der Waals surface area contributed by atoms with Crippen LogP contribution < -0.4 is 0 Å². The van der Waals surface area contributed by atoms with E-state index in [-0.39, 0.29) is 10.8 Å². The third-order valence-electron chi connectivity index (χ3n) is 3.82. The SMILES string of the molecule is Cc1cc(S(=O)(=O)N2CCC(c3ncc[nH]3)C2)ccc1F. The van der Waals surface area contributed by atoms with E-state index < -0.39 is 15.8 Å². The zero-order chi connectivity index (χ0) is 15.0. The van der Waals surface area contributed by atoms with E-state index in [1.54, 1.807) is 19.3 Å². The van der Waals surface area contributed by atoms with Gasteiger partial charge in [0.2, 0.25) is 10.0 Å². The molecule has 0 aliphatic carbocycles. The summed E-state index contributed by atoms with van der Waals surface area (Å²) >= 11 is 0. The lowest BCUT2D eigenvalue weighted by Crippen LogP contribution is -2.28. The van der Waals surface area contributed by atoms with E-state index >= 15 is 0 Å². The summed E-state index contributed by atoms with van der Waals surface area (Å²) in [7, 11) is -3.58. The Balaban J connectivity index is 1.84. The Hall–Kier alpha value is -1.73. The zero-order valence-electron chi connectivity index (χ0n) is 11.6. The molecule has 1 aliphatic heterocycles. The molecule has 1 aliphatic rings. The number of aromatic nitrogens is 2. The fourth-order valence-corrected chi connectivity index (χ4v) is 4.18. The van der Waals surface area contributed by atoms with Crippen LogP contribution in [-0.2, 0) is 10.0 Å². The molecule has 1 aromatic heterocycles. The van der Waals surface area contributed by atoms with Crippen LogP contribution in [0.5, 0.6) is 0 Å². The van der Waals surface area contributed by atoms with Crippen LogP contribution in [0.4, 0.5) is 4.39 Å². The number of hydrogen-bond acceptors (Lipinski definition) is 3. The topological polar surface area (TPSA) is 66.1 Å². The summed E-state index contributed by atoms with van der Waals surface area (Å²) in [6.07, 6.45) is 4.12. The molecule has 7 heteroatoms. The first-order valence-electron chi connectivity index (χ1n) is 6.74. The van der Waals surface area contributed by atoms with Gasteiger partial charge in [-0.2, -0.15) is 4.31 Å². The van der Waals surface area contributed by atoms with E-state index in [0.717, 1.165) is 12.2 Å². The molecule has 0 amide bonds. The van der Waals surface area contributed by atoms with Gasteiger partial charge >= 0.3 is 0 Å². The lowest BCUT2D eigenvalue weighted by molar-refractivity contribution is 0.471. The summed E-state index contributed by atoms with van der Waals surface area (Å²) in [6, 6.07) is 3.89. The molecule has 112 valence electrons. The van der Waals surface area contributed by atoms with Crippen LogP contribution in [0.3, 0.4) is 0 Å². The van der Waals surface area contributed by atoms with Crippen molar-refractivity contribution in [1.29, 1.82) is 0 Å². The average molecular weight is 309 g/mol. The molecule has 1 aromatic carbocycles. The van der Waals surface area contributed by atoms with E-state index in [4.69, 9.17) is 0 Å². The number of rotatable bonds is 3. The van der Waals surface area contributed by atoms with Gasteiger partial charge in [-0.1, -0.05) is 0 Å². The van der Waals surface area contributed by atoms with Gasteiger partial charge in [0.1, 0.15) is 11.6 Å². The van der Waals surface area contributed by atoms with Gasteiger partial charge in [0.15, 0.2) is 0 Å². The lowest BCUT2D eigenvalue weighted by Gasteiger charge is -2.16. The molecule has 3 rings (SSSR count). The van der Waals surface area contributed by atoms with Gasteiger partial charge in [-0.15, -0.1) is 0 Å². The average Bonchev–Trinajstić information content (AvgIpc) is 3.11. The molecule has 0 bridgehead atoms. The van der Waals surface area contributed by atoms with Gasteiger partial charge in [-0.3, -0.25) is 0 Å². The number of aromatic amines is 1. The molecule has 1 fully saturated rings. The first kappa shape index (κ1) is 14.2. The van der Waals surface area contributed by atoms with Gasteiger partial charge in [0.05, 0.1) is 4.90 Å². The molecule has 5 nitrogen and oxygen atoms in total. The third kappa shape index (κ3) is 2.58. The minimum absolute atomic E-state index is 0.0799. The van der Waals surface area contributed by atoms with Crippen molar-refractivity contribution in [2.24, 2.45) is 0 Å². The van der Waals surface area contributed by atoms with Crippen molar-refractivity contribution in [1.82, 2.24) is 14.3 Å². The minimum Gasteiger partial charge on any atom is -0.348 e. The quantitative estimate of drug-likeness (QED) is 0.943. The summed E-state index contributed by atoms with van der Waals surface area (Å²) in [4.78, 5) is 7.35. The Kier molecular flexibility index (Phi) is 3.54. The molecule has 0 spiro atoms. The summed E-state index contributed by atoms with van der Waals surface area (Å²) in [6.45, 7) is 2.40. The molecule has 1 N–H and O–H groups in total. The standard InChI is InChI=1S/C14H16FN3O2S/c1-10-8-12(2-3-13(10)15)21(19,20)18-7-4-11(9-18)14-16-5-6-17-14/h2-3,5-6,8,11H,4,7,9H2,1H3,(H,16,17). The van der Waals surface area contributed by atoms with Crippen molar-refractivity contribution in [3.05, 3.63) is 47.8 Å². The fourth-order valence-electron chi connectivity index (χ4n) is 2.60. The highest BCUT2D eigenvalue weighted by molar-refractivity contribution is 7.89. The van der Waals surface area contributed by atoms with Crippen molar-refractivity contribution in [3.63, 3.8) is 0 Å². The number of benzene rings is 1. The number of nitrogens with zero attached hydrogens (tertiary/aromatic N) is 2. The van der Waals surface area contributed by atoms with Crippen molar-refractivity contribution in [3.8, 4) is 0 Å². The maximum absolute atomic E-state index is 13.3. The van der Waals surface area contributed by atoms with Gasteiger partial charge in [-0.25, -0.2) is 17.8 Å². The highest BCUT2D eigenvalue weighted by atomic mass is 32.2. The van der Waals surface area contributed by atoms with Gasteiger partial charge in [-0.05, 0) is 37.1 Å². The second kappa shape index (κ2) is 5.23. The number of halogens is 1. The number of imidazole rings is 1. The van der Waals surface area contributed by atoms with E-state index in [1.807, 2.05) is 0 Å². The van der Waals surface area contributed by atoms with E-state index in [2.05, 4.69) is 9.97 Å². The Morgan fingerprint density at radius 2 is 2.24 bits per heavy atom. The van der Waals surface area contributed by atoms with Crippen LogP contribution in [0.2, 0.25) is 0 Å². The number of sulfonamides is 1. The molecule has 1 unspecified atom stereocenters. The van der Waals surface area contributed by atoms with Crippen molar-refractivity contribution in [2.75, 3.05) is 13.1 Å². The van der Waals surface area contributed by atoms with Gasteiger partial charge < -0.3 is 4.98 Å². The Bertz CT molecular complexity index is 744. The summed E-state index contributed by atoms with van der Waals surface area (Å²) in [5.74, 6) is 0.489. The Morgan fingerprint density at radius 3 is 2.90 bits per heavy atom. The van der Waals surface area contributed by atoms with Crippen LogP contribution in [0, 0.1) is 12.7 Å². The molecule has 2 aromatic rings. The maximum Gasteiger partial charge on any atom is 0.243 e. The third-order valence-corrected chi connectivity index (χ3v) is 5.69. The second-order valence-electron chi connectivity index (χ2n) is 5.23. The molecule has 21 heavy (non-hydrogen) atoms. The maximum atomic E-state index is 13.3. The predicted octanol–water partition coefficient (Wildman–Crippen LogP) is 2.04. The summed E-state index contributed by atoms with van der Waals surface area (Å²) in [5, 5.41) is 0. The Morgan fingerprint density at radius 1 is 1.43 bits per heavy atom. The summed E-state index contributed by atoms with van der Waals surface area (Å²) < 4.78 is 39.9. The lowest BCUT2D eigenvalue weighted by atomic mass is 10.1. The number of H-pyrrole nitrogens is 1. The number of hydrogen-bond donors (Lipinski definition) is 1. The largest absolute Gasteiger partial charge is 0.348 e. The van der Waals surface area contributed by atoms with E-state index in [1.165, 1.54) is 22.5 Å². The van der Waals surface area contributed by atoms with Crippen LogP contribution in [0.15, 0.2) is 35.5 Å². The van der Waals surface area contributed by atoms with Crippen molar-refractivity contribution in [2.45, 2.75) is 24.2 Å². The Labute approximate surface area is 122 Å². The fraction of sp³-hybridized carbons (Fsp3) is 0.357. The first-order valence-corrected chi connectivity index (χ1v) is 8.18. The monoisotopic (exact) mass is 309 g/mol. The highest BCUT2D eigenvalue weighted by Gasteiger charge is 2.34. The highest BCUT2D eigenvalue weighted by Crippen LogP contribution is 2.29. The van der Waals surface area contributed by atoms with Crippen molar-refractivity contribution >= 4 is 10.0 Å². The summed E-state index contributed by atoms with van der Waals surface area (Å²) in [5.41, 5.74) is 0.331. The molecule has 0 radical (unpaired) electrons. The number of aryl methyl sites for hydroxylation is 1. The first-order chi connectivity index (χ1) is 9.98. The van der Waals surface area contributed by atoms with Crippen LogP contribution in [0.1, 0.15) is 23.7 Å². The molecule has 1 atom stereocenters. The van der Waals surface area contributed by atoms with E-state index in [0.29, 0.717) is 18.7 Å². The van der Waals surface area contributed by atoms with Crippen LogP contribution in [-0.4, -0.2) is 35.8 Å². The zero-order valence-corrected chi connectivity index (χ0v) is 12.4. The minimum atomic E-state index is -3.58. The normalized spacial score (nSPS) is 20.0. The van der Waals surface area contributed by atoms with Crippen LogP contribution >= 0.6 is 0 Å². The van der Waals surface area contributed by atoms with Gasteiger partial charge in [0, 0.05) is 31.4 Å². The molecule has 2 heterocycles. The second-order valence-corrected chi connectivity index (χ2v) is 7.17. The molecule has 1 saturated heterocycles. The predicted molar refractivity (Wildman–Crippen MR) is 75.8 cm³/mol. The van der Waals surface area contributed by atoms with Gasteiger partial charge in [0.25, 0.3) is 0 Å².